The van der Waals surface area contributed by atoms with Gasteiger partial charge in [-0.15, -0.1) is 0 Å². The maximum Gasteiger partial charge on any atom is 0.264 e. The summed E-state index contributed by atoms with van der Waals surface area (Å²) < 4.78 is 32.2. The number of ether oxygens (including phenoxy) is 1. The Balaban J connectivity index is 1.24. The molecule has 0 aromatic heterocycles. The monoisotopic (exact) mass is 555 g/mol. The SMILES string of the molecule is COc1ccc(C(=O)N2CCc3ccc(NC(=O)Cc4ccc(N(C)S(=O)(=O)c5ccccc5)cc4)cc32)cc1. The Hall–Kier alpha value is -4.63. The second-order valence-electron chi connectivity index (χ2n) is 9.46. The Bertz CT molecular complexity index is 1640. The Morgan fingerprint density at radius 2 is 1.62 bits per heavy atom. The average Bonchev–Trinajstić information content (AvgIpc) is 3.40. The zero-order valence-corrected chi connectivity index (χ0v) is 23.0. The number of nitrogens with zero attached hydrogens (tertiary/aromatic N) is 2. The van der Waals surface area contributed by atoms with Crippen molar-refractivity contribution in [3.8, 4) is 5.75 Å². The molecule has 0 bridgehead atoms. The number of benzene rings is 4. The highest BCUT2D eigenvalue weighted by Gasteiger charge is 2.26. The molecule has 40 heavy (non-hydrogen) atoms. The molecule has 1 aliphatic heterocycles. The van der Waals surface area contributed by atoms with Gasteiger partial charge in [0.25, 0.3) is 15.9 Å². The molecule has 1 N–H and O–H groups in total. The number of amides is 2. The molecule has 4 aromatic carbocycles. The van der Waals surface area contributed by atoms with Crippen LogP contribution in [0.15, 0.2) is 102 Å². The van der Waals surface area contributed by atoms with Crippen LogP contribution < -0.4 is 19.3 Å². The number of hydrogen-bond acceptors (Lipinski definition) is 5. The number of hydrogen-bond donors (Lipinski definition) is 1. The first kappa shape index (κ1) is 27.0. The summed E-state index contributed by atoms with van der Waals surface area (Å²) in [7, 11) is -0.604. The van der Waals surface area contributed by atoms with Gasteiger partial charge in [0.15, 0.2) is 0 Å². The third-order valence-corrected chi connectivity index (χ3v) is 8.71. The molecule has 0 radical (unpaired) electrons. The number of fused-ring (bicyclic) bond motifs is 1. The lowest BCUT2D eigenvalue weighted by Gasteiger charge is -2.20. The van der Waals surface area contributed by atoms with Crippen molar-refractivity contribution >= 4 is 38.9 Å². The summed E-state index contributed by atoms with van der Waals surface area (Å²) in [6.07, 6.45) is 0.854. The summed E-state index contributed by atoms with van der Waals surface area (Å²) >= 11 is 0. The van der Waals surface area contributed by atoms with E-state index in [4.69, 9.17) is 4.74 Å². The minimum absolute atomic E-state index is 0.107. The van der Waals surface area contributed by atoms with E-state index in [0.717, 1.165) is 23.2 Å². The molecular formula is C31H29N3O5S. The van der Waals surface area contributed by atoms with Crippen LogP contribution in [0.1, 0.15) is 21.5 Å². The predicted octanol–water partition coefficient (Wildman–Crippen LogP) is 4.90. The quantitative estimate of drug-likeness (QED) is 0.334. The van der Waals surface area contributed by atoms with Gasteiger partial charge in [-0.1, -0.05) is 36.4 Å². The van der Waals surface area contributed by atoms with Gasteiger partial charge in [0.05, 0.1) is 24.1 Å². The molecule has 8 nitrogen and oxygen atoms in total. The fourth-order valence-corrected chi connectivity index (χ4v) is 5.88. The second kappa shape index (κ2) is 11.2. The number of carbonyl (C=O) groups excluding carboxylic acids is 2. The Labute approximate surface area is 233 Å². The van der Waals surface area contributed by atoms with Gasteiger partial charge in [0.1, 0.15) is 5.75 Å². The molecular weight excluding hydrogens is 526 g/mol. The molecule has 0 unspecified atom stereocenters. The van der Waals surface area contributed by atoms with Crippen LogP contribution in [0.25, 0.3) is 0 Å². The number of rotatable bonds is 8. The van der Waals surface area contributed by atoms with Gasteiger partial charge in [0, 0.05) is 30.5 Å². The maximum atomic E-state index is 13.2. The molecule has 4 aromatic rings. The zero-order valence-electron chi connectivity index (χ0n) is 22.2. The molecule has 0 fully saturated rings. The minimum Gasteiger partial charge on any atom is -0.497 e. The van der Waals surface area contributed by atoms with Crippen LogP contribution in [0, 0.1) is 0 Å². The number of methoxy groups -OCH3 is 1. The minimum atomic E-state index is -3.68. The fraction of sp³-hybridized carbons (Fsp3) is 0.161. The third-order valence-electron chi connectivity index (χ3n) is 6.91. The smallest absolute Gasteiger partial charge is 0.264 e. The van der Waals surface area contributed by atoms with E-state index in [2.05, 4.69) is 5.32 Å². The molecule has 0 saturated heterocycles. The zero-order chi connectivity index (χ0) is 28.3. The van der Waals surface area contributed by atoms with Crippen molar-refractivity contribution in [2.75, 3.05) is 35.2 Å². The van der Waals surface area contributed by atoms with Crippen LogP contribution in [0.2, 0.25) is 0 Å². The van der Waals surface area contributed by atoms with E-state index in [0.29, 0.717) is 29.2 Å². The highest BCUT2D eigenvalue weighted by atomic mass is 32.2. The molecule has 0 aliphatic carbocycles. The first-order chi connectivity index (χ1) is 19.3. The van der Waals surface area contributed by atoms with E-state index in [1.54, 1.807) is 90.9 Å². The van der Waals surface area contributed by atoms with Crippen molar-refractivity contribution in [1.29, 1.82) is 0 Å². The lowest BCUT2D eigenvalue weighted by atomic mass is 10.1. The van der Waals surface area contributed by atoms with Crippen LogP contribution in [-0.4, -0.2) is 40.9 Å². The Morgan fingerprint density at radius 1 is 0.925 bits per heavy atom. The van der Waals surface area contributed by atoms with E-state index < -0.39 is 10.0 Å². The molecule has 9 heteroatoms. The molecule has 2 amide bonds. The first-order valence-corrected chi connectivity index (χ1v) is 14.2. The maximum absolute atomic E-state index is 13.2. The number of anilines is 3. The summed E-state index contributed by atoms with van der Waals surface area (Å²) in [4.78, 5) is 27.9. The lowest BCUT2D eigenvalue weighted by molar-refractivity contribution is -0.115. The van der Waals surface area contributed by atoms with E-state index >= 15 is 0 Å². The van der Waals surface area contributed by atoms with Crippen molar-refractivity contribution in [3.63, 3.8) is 0 Å². The summed E-state index contributed by atoms with van der Waals surface area (Å²) in [6.45, 7) is 0.568. The fourth-order valence-electron chi connectivity index (χ4n) is 4.66. The van der Waals surface area contributed by atoms with Crippen molar-refractivity contribution in [3.05, 3.63) is 114 Å². The van der Waals surface area contributed by atoms with Crippen LogP contribution in [-0.2, 0) is 27.7 Å². The van der Waals surface area contributed by atoms with E-state index in [9.17, 15) is 18.0 Å². The summed E-state index contributed by atoms with van der Waals surface area (Å²) in [6, 6.07) is 27.7. The van der Waals surface area contributed by atoms with Crippen molar-refractivity contribution < 1.29 is 22.7 Å². The standard InChI is InChI=1S/C31H29N3O5S/c1-33(40(37,38)28-6-4-3-5-7-28)26-14-8-22(9-15-26)20-30(35)32-25-13-10-23-18-19-34(29(23)21-25)31(36)24-11-16-27(39-2)17-12-24/h3-17,21H,18-20H2,1-2H3,(H,32,35). The summed E-state index contributed by atoms with van der Waals surface area (Å²) in [5.74, 6) is 0.357. The average molecular weight is 556 g/mol. The van der Waals surface area contributed by atoms with Gasteiger partial charge >= 0.3 is 0 Å². The largest absolute Gasteiger partial charge is 0.497 e. The Morgan fingerprint density at radius 3 is 2.30 bits per heavy atom. The van der Waals surface area contributed by atoms with Crippen LogP contribution >= 0.6 is 0 Å². The van der Waals surface area contributed by atoms with Crippen LogP contribution in [0.5, 0.6) is 5.75 Å². The van der Waals surface area contributed by atoms with E-state index in [1.165, 1.54) is 11.4 Å². The van der Waals surface area contributed by atoms with Crippen molar-refractivity contribution in [1.82, 2.24) is 0 Å². The van der Waals surface area contributed by atoms with E-state index in [1.807, 2.05) is 18.2 Å². The van der Waals surface area contributed by atoms with Crippen LogP contribution in [0.3, 0.4) is 0 Å². The van der Waals surface area contributed by atoms with Crippen molar-refractivity contribution in [2.24, 2.45) is 0 Å². The van der Waals surface area contributed by atoms with E-state index in [-0.39, 0.29) is 23.1 Å². The summed E-state index contributed by atoms with van der Waals surface area (Å²) in [5.41, 5.74) is 4.23. The van der Waals surface area contributed by atoms with Gasteiger partial charge in [-0.3, -0.25) is 13.9 Å². The topological polar surface area (TPSA) is 96.0 Å². The second-order valence-corrected chi connectivity index (χ2v) is 11.4. The Kier molecular flexibility index (Phi) is 7.57. The molecule has 1 heterocycles. The highest BCUT2D eigenvalue weighted by Crippen LogP contribution is 2.32. The molecule has 5 rings (SSSR count). The highest BCUT2D eigenvalue weighted by molar-refractivity contribution is 7.92. The lowest BCUT2D eigenvalue weighted by Crippen LogP contribution is -2.28. The van der Waals surface area contributed by atoms with Gasteiger partial charge in [-0.05, 0) is 78.2 Å². The summed E-state index contributed by atoms with van der Waals surface area (Å²) in [5, 5.41) is 2.92. The molecule has 1 aliphatic rings. The third kappa shape index (κ3) is 5.55. The number of sulfonamides is 1. The first-order valence-electron chi connectivity index (χ1n) is 12.8. The molecule has 0 atom stereocenters. The van der Waals surface area contributed by atoms with Crippen LogP contribution in [0.4, 0.5) is 17.1 Å². The van der Waals surface area contributed by atoms with Gasteiger partial charge in [0.2, 0.25) is 5.91 Å². The van der Waals surface area contributed by atoms with Gasteiger partial charge in [-0.2, -0.15) is 0 Å². The van der Waals surface area contributed by atoms with Crippen molar-refractivity contribution in [2.45, 2.75) is 17.7 Å². The normalized spacial score (nSPS) is 12.5. The molecule has 0 spiro atoms. The van der Waals surface area contributed by atoms with Gasteiger partial charge < -0.3 is 15.0 Å². The van der Waals surface area contributed by atoms with Gasteiger partial charge in [-0.25, -0.2) is 8.42 Å². The number of carbonyl (C=O) groups is 2. The number of nitrogens with one attached hydrogen (secondary N) is 1. The molecule has 0 saturated carbocycles. The molecule has 204 valence electrons. The predicted molar refractivity (Wildman–Crippen MR) is 156 cm³/mol.